The third kappa shape index (κ3) is 10.9. The molecule has 0 aliphatic heterocycles. The van der Waals surface area contributed by atoms with Gasteiger partial charge in [0.2, 0.25) is 0 Å². The Labute approximate surface area is 154 Å². The lowest BCUT2D eigenvalue weighted by Gasteiger charge is -2.27. The molecule has 0 aliphatic carbocycles. The van der Waals surface area contributed by atoms with Gasteiger partial charge in [-0.1, -0.05) is 90.0 Å². The van der Waals surface area contributed by atoms with Crippen LogP contribution in [0.3, 0.4) is 0 Å². The Morgan fingerprint density at radius 1 is 0.625 bits per heavy atom. The van der Waals surface area contributed by atoms with Gasteiger partial charge in [0.15, 0.2) is 0 Å². The summed E-state index contributed by atoms with van der Waals surface area (Å²) in [6, 6.07) is 0. The Hall–Kier alpha value is 0.178. The Morgan fingerprint density at radius 3 is 1.04 bits per heavy atom. The third-order valence-electron chi connectivity index (χ3n) is 2.99. The molecule has 0 aromatic carbocycles. The summed E-state index contributed by atoms with van der Waals surface area (Å²) >= 11 is 0. The second-order valence-electron chi connectivity index (χ2n) is 10.7. The summed E-state index contributed by atoms with van der Waals surface area (Å²) < 4.78 is 24.5. The van der Waals surface area contributed by atoms with Gasteiger partial charge in [-0.25, -0.2) is 4.57 Å². The zero-order chi connectivity index (χ0) is 19.6. The van der Waals surface area contributed by atoms with Gasteiger partial charge in [-0.3, -0.25) is 0 Å². The van der Waals surface area contributed by atoms with E-state index in [-0.39, 0.29) is 0 Å². The summed E-state index contributed by atoms with van der Waals surface area (Å²) in [6.45, 7) is 27.0. The molecule has 0 fully saturated rings. The van der Waals surface area contributed by atoms with Crippen molar-refractivity contribution >= 4 is 40.6 Å². The highest BCUT2D eigenvalue weighted by molar-refractivity contribution is 7.34. The molecule has 3 nitrogen and oxygen atoms in total. The Bertz CT molecular complexity index is 469. The van der Waals surface area contributed by atoms with Gasteiger partial charge in [-0.15, -0.1) is 0 Å². The van der Waals surface area contributed by atoms with Crippen molar-refractivity contribution < 1.29 is 13.6 Å². The van der Waals surface area contributed by atoms with Gasteiger partial charge in [0.25, 0.3) is 0 Å². The van der Waals surface area contributed by atoms with E-state index in [9.17, 15) is 4.57 Å². The maximum absolute atomic E-state index is 12.7. The highest BCUT2D eigenvalue weighted by Gasteiger charge is 2.30. The van der Waals surface area contributed by atoms with Crippen molar-refractivity contribution in [1.82, 2.24) is 0 Å². The zero-order valence-corrected chi connectivity index (χ0v) is 22.9. The van der Waals surface area contributed by atoms with Crippen LogP contribution < -0.4 is 0 Å². The van der Waals surface area contributed by atoms with Gasteiger partial charge in [-0.05, 0) is 0 Å². The minimum absolute atomic E-state index is 0.938. The quantitative estimate of drug-likeness (QED) is 0.248. The fourth-order valence-corrected chi connectivity index (χ4v) is 13.2. The van der Waals surface area contributed by atoms with E-state index in [1.807, 2.05) is 0 Å². The molecule has 0 rings (SSSR count). The standard InChI is InChI=1S/C16H39O3PSi4/c1-21(2,3)13-15(23(7,8)9)18-20(17)19-16(24(10,11)12)14-22(4,5)6/h13-14,20H,1-12H3. The average Bonchev–Trinajstić information content (AvgIpc) is 2.20. The van der Waals surface area contributed by atoms with Crippen LogP contribution in [0.1, 0.15) is 0 Å². The molecule has 0 atom stereocenters. The first kappa shape index (κ1) is 24.2. The number of hydrogen-bond donors (Lipinski definition) is 0. The van der Waals surface area contributed by atoms with Crippen molar-refractivity contribution in [3.63, 3.8) is 0 Å². The Kier molecular flexibility index (Phi) is 8.31. The predicted molar refractivity (Wildman–Crippen MR) is 121 cm³/mol. The first-order chi connectivity index (χ1) is 10.3. The lowest BCUT2D eigenvalue weighted by molar-refractivity contribution is 0.337. The summed E-state index contributed by atoms with van der Waals surface area (Å²) in [7, 11) is -8.82. The molecule has 0 saturated carbocycles. The molecule has 142 valence electrons. The van der Waals surface area contributed by atoms with Gasteiger partial charge >= 0.3 is 8.25 Å². The summed E-state index contributed by atoms with van der Waals surface area (Å²) in [5.41, 5.74) is 4.50. The van der Waals surface area contributed by atoms with E-state index in [1.165, 1.54) is 0 Å². The van der Waals surface area contributed by atoms with Crippen LogP contribution >= 0.6 is 8.25 Å². The largest absolute Gasteiger partial charge is 0.429 e. The molecule has 0 aromatic heterocycles. The minimum atomic E-state index is -2.57. The SMILES string of the molecule is C[Si](C)(C)C=C(O[PH](=O)OC(=C[Si](C)(C)C)[Si](C)(C)C)[Si](C)(C)C. The van der Waals surface area contributed by atoms with Gasteiger partial charge in [0.05, 0.1) is 26.9 Å². The molecule has 0 radical (unpaired) electrons. The van der Waals surface area contributed by atoms with Gasteiger partial charge in [-0.2, -0.15) is 0 Å². The average molecular weight is 423 g/mol. The van der Waals surface area contributed by atoms with Crippen molar-refractivity contribution in [3.8, 4) is 0 Å². The number of hydrogen-bond acceptors (Lipinski definition) is 3. The lowest BCUT2D eigenvalue weighted by Crippen LogP contribution is -2.30. The fourth-order valence-electron chi connectivity index (χ4n) is 1.79. The normalized spacial score (nSPS) is 16.8. The van der Waals surface area contributed by atoms with E-state index in [0.29, 0.717) is 0 Å². The first-order valence-electron chi connectivity index (χ1n) is 8.68. The Balaban J connectivity index is 5.48. The van der Waals surface area contributed by atoms with Crippen LogP contribution in [0.4, 0.5) is 0 Å². The molecule has 8 heteroatoms. The monoisotopic (exact) mass is 422 g/mol. The van der Waals surface area contributed by atoms with Crippen molar-refractivity contribution in [2.75, 3.05) is 0 Å². The second-order valence-corrected chi connectivity index (χ2v) is 31.6. The van der Waals surface area contributed by atoms with Crippen molar-refractivity contribution in [2.45, 2.75) is 78.6 Å². The molecule has 0 aromatic rings. The van der Waals surface area contributed by atoms with Crippen LogP contribution in [0.5, 0.6) is 0 Å². The van der Waals surface area contributed by atoms with E-state index >= 15 is 0 Å². The Morgan fingerprint density at radius 2 is 0.875 bits per heavy atom. The van der Waals surface area contributed by atoms with Crippen LogP contribution in [0.15, 0.2) is 22.2 Å². The summed E-state index contributed by atoms with van der Waals surface area (Å²) in [5.74, 6) is 0. The smallest absolute Gasteiger partial charge is 0.417 e. The molecule has 0 amide bonds. The molecule has 0 N–H and O–H groups in total. The van der Waals surface area contributed by atoms with E-state index in [4.69, 9.17) is 9.05 Å². The van der Waals surface area contributed by atoms with Crippen LogP contribution in [-0.4, -0.2) is 32.3 Å². The van der Waals surface area contributed by atoms with E-state index in [1.54, 1.807) is 0 Å². The topological polar surface area (TPSA) is 35.5 Å². The van der Waals surface area contributed by atoms with Crippen molar-refractivity contribution in [3.05, 3.63) is 22.2 Å². The highest BCUT2D eigenvalue weighted by atomic mass is 31.1. The van der Waals surface area contributed by atoms with Crippen molar-refractivity contribution in [2.24, 2.45) is 0 Å². The van der Waals surface area contributed by atoms with Crippen LogP contribution in [0, 0.1) is 0 Å². The summed E-state index contributed by atoms with van der Waals surface area (Å²) in [5, 5.41) is 1.88. The van der Waals surface area contributed by atoms with Gasteiger partial charge in [0, 0.05) is 0 Å². The molecular formula is C16H39O3PSi4. The predicted octanol–water partition coefficient (Wildman–Crippen LogP) is 6.69. The van der Waals surface area contributed by atoms with E-state index in [0.717, 1.165) is 10.8 Å². The molecule has 0 spiro atoms. The molecular weight excluding hydrogens is 383 g/mol. The van der Waals surface area contributed by atoms with Gasteiger partial charge in [0.1, 0.15) is 16.1 Å². The van der Waals surface area contributed by atoms with Crippen LogP contribution in [0.2, 0.25) is 78.6 Å². The highest BCUT2D eigenvalue weighted by Crippen LogP contribution is 2.37. The van der Waals surface area contributed by atoms with E-state index < -0.39 is 40.6 Å². The van der Waals surface area contributed by atoms with Crippen LogP contribution in [-0.2, 0) is 13.6 Å². The van der Waals surface area contributed by atoms with Crippen LogP contribution in [0.25, 0.3) is 0 Å². The second kappa shape index (κ2) is 8.25. The maximum Gasteiger partial charge on any atom is 0.417 e. The van der Waals surface area contributed by atoms with E-state index in [2.05, 4.69) is 90.0 Å². The molecule has 0 bridgehead atoms. The minimum Gasteiger partial charge on any atom is -0.429 e. The summed E-state index contributed by atoms with van der Waals surface area (Å²) in [4.78, 5) is 0. The van der Waals surface area contributed by atoms with Gasteiger partial charge < -0.3 is 9.05 Å². The lowest BCUT2D eigenvalue weighted by atomic mass is 11.1. The number of rotatable bonds is 8. The molecule has 24 heavy (non-hydrogen) atoms. The maximum atomic E-state index is 12.7. The molecule has 0 heterocycles. The zero-order valence-electron chi connectivity index (χ0n) is 17.9. The molecule has 0 aliphatic rings. The summed E-state index contributed by atoms with van der Waals surface area (Å²) in [6.07, 6.45) is 0. The molecule has 0 saturated heterocycles. The van der Waals surface area contributed by atoms with Crippen molar-refractivity contribution in [1.29, 1.82) is 0 Å². The molecule has 0 unspecified atom stereocenters. The first-order valence-corrected chi connectivity index (χ1v) is 24.1. The fraction of sp³-hybridized carbons (Fsp3) is 0.750. The third-order valence-corrected chi connectivity index (χ3v) is 10.5.